The third kappa shape index (κ3) is 3.76. The normalized spacial score (nSPS) is 20.3. The third-order valence-corrected chi connectivity index (χ3v) is 3.20. The van der Waals surface area contributed by atoms with E-state index in [9.17, 15) is 4.79 Å². The first-order chi connectivity index (χ1) is 6.95. The van der Waals surface area contributed by atoms with Gasteiger partial charge >= 0.3 is 5.97 Å². The summed E-state index contributed by atoms with van der Waals surface area (Å²) in [5.41, 5.74) is 0.523. The zero-order valence-electron chi connectivity index (χ0n) is 9.75. The highest BCUT2D eigenvalue weighted by atomic mass is 79.9. The van der Waals surface area contributed by atoms with E-state index in [2.05, 4.69) is 41.6 Å². The monoisotopic (exact) mass is 277 g/mol. The highest BCUT2D eigenvalue weighted by Gasteiger charge is 2.30. The van der Waals surface area contributed by atoms with Crippen LogP contribution in [0, 0.1) is 5.92 Å². The number of rotatable bonds is 2. The second kappa shape index (κ2) is 5.30. The van der Waals surface area contributed by atoms with Crippen LogP contribution in [-0.2, 0) is 9.53 Å². The Hall–Kier alpha value is -0.0900. The molecule has 0 radical (unpaired) electrons. The molecule has 0 aliphatic carbocycles. The first-order valence-corrected chi connectivity index (χ1v) is 6.55. The Labute approximate surface area is 100 Å². The van der Waals surface area contributed by atoms with Crippen molar-refractivity contribution < 1.29 is 9.53 Å². The maximum Gasteiger partial charge on any atom is 0.309 e. The van der Waals surface area contributed by atoms with Gasteiger partial charge in [-0.2, -0.15) is 0 Å². The van der Waals surface area contributed by atoms with Gasteiger partial charge in [-0.1, -0.05) is 0 Å². The summed E-state index contributed by atoms with van der Waals surface area (Å²) < 4.78 is 4.96. The smallest absolute Gasteiger partial charge is 0.309 e. The molecule has 88 valence electrons. The Morgan fingerprint density at radius 1 is 1.40 bits per heavy atom. The summed E-state index contributed by atoms with van der Waals surface area (Å²) in [6.45, 7) is 8.62. The largest absolute Gasteiger partial charge is 0.454 e. The minimum atomic E-state index is -0.0552. The van der Waals surface area contributed by atoms with Gasteiger partial charge in [-0.05, 0) is 62.6 Å². The van der Waals surface area contributed by atoms with E-state index in [0.717, 1.165) is 25.9 Å². The molecule has 0 bridgehead atoms. The van der Waals surface area contributed by atoms with Crippen LogP contribution in [0.1, 0.15) is 33.6 Å². The number of halogens is 1. The van der Waals surface area contributed by atoms with Crippen LogP contribution in [0.4, 0.5) is 0 Å². The summed E-state index contributed by atoms with van der Waals surface area (Å²) in [5, 5.41) is 0. The fourth-order valence-corrected chi connectivity index (χ4v) is 2.18. The molecular weight excluding hydrogens is 258 g/mol. The Kier molecular flexibility index (Phi) is 4.59. The number of hydrogen-bond acceptors (Lipinski definition) is 3. The summed E-state index contributed by atoms with van der Waals surface area (Å²) in [5.74, 6) is 0.0431. The molecular formula is C11H20BrNO2. The average molecular weight is 278 g/mol. The molecule has 0 amide bonds. The molecule has 3 nitrogen and oxygen atoms in total. The number of piperidine rings is 1. The Morgan fingerprint density at radius 3 is 2.33 bits per heavy atom. The van der Waals surface area contributed by atoms with Gasteiger partial charge in [0.2, 0.25) is 0 Å². The highest BCUT2D eigenvalue weighted by molar-refractivity contribution is 9.09. The quantitative estimate of drug-likeness (QED) is 0.574. The number of carbonyl (C=O) groups excluding carboxylic acids is 1. The molecule has 4 heteroatoms. The molecule has 1 fully saturated rings. The zero-order chi connectivity index (χ0) is 11.5. The van der Waals surface area contributed by atoms with Crippen LogP contribution in [0.25, 0.3) is 0 Å². The van der Waals surface area contributed by atoms with E-state index >= 15 is 0 Å². The maximum atomic E-state index is 11.5. The van der Waals surface area contributed by atoms with Crippen molar-refractivity contribution in [2.24, 2.45) is 5.92 Å². The zero-order valence-corrected chi connectivity index (χ0v) is 11.3. The first-order valence-electron chi connectivity index (χ1n) is 5.43. The van der Waals surface area contributed by atoms with Gasteiger partial charge in [0.05, 0.1) is 5.92 Å². The third-order valence-electron chi connectivity index (χ3n) is 2.97. The molecule has 0 N–H and O–H groups in total. The number of likely N-dealkylation sites (tertiary alicyclic amines) is 1. The highest BCUT2D eigenvalue weighted by Crippen LogP contribution is 2.24. The van der Waals surface area contributed by atoms with E-state index < -0.39 is 0 Å². The molecule has 1 saturated heterocycles. The summed E-state index contributed by atoms with van der Waals surface area (Å²) in [7, 11) is 0. The Morgan fingerprint density at radius 2 is 1.93 bits per heavy atom. The molecule has 0 atom stereocenters. The van der Waals surface area contributed by atoms with Crippen molar-refractivity contribution in [3.63, 3.8) is 0 Å². The molecule has 0 aromatic carbocycles. The van der Waals surface area contributed by atoms with Crippen molar-refractivity contribution in [3.05, 3.63) is 0 Å². The number of carbonyl (C=O) groups is 1. The van der Waals surface area contributed by atoms with Crippen molar-refractivity contribution in [3.8, 4) is 0 Å². The molecule has 1 aliphatic heterocycles. The van der Waals surface area contributed by atoms with Crippen LogP contribution in [0.5, 0.6) is 0 Å². The van der Waals surface area contributed by atoms with Gasteiger partial charge in [-0.3, -0.25) is 9.69 Å². The van der Waals surface area contributed by atoms with Crippen molar-refractivity contribution >= 4 is 21.9 Å². The maximum absolute atomic E-state index is 11.5. The second-order valence-corrected chi connectivity index (χ2v) is 5.46. The van der Waals surface area contributed by atoms with Crippen LogP contribution in [0.3, 0.4) is 0 Å². The SMILES string of the molecule is CC(C)(C)N1CCC(C(=O)OCBr)CC1. The van der Waals surface area contributed by atoms with Crippen LogP contribution in [0.2, 0.25) is 0 Å². The molecule has 0 spiro atoms. The van der Waals surface area contributed by atoms with E-state index in [1.165, 1.54) is 0 Å². The molecule has 1 rings (SSSR count). The number of esters is 1. The Bertz CT molecular complexity index is 217. The van der Waals surface area contributed by atoms with E-state index in [-0.39, 0.29) is 17.4 Å². The van der Waals surface area contributed by atoms with E-state index in [1.807, 2.05) is 0 Å². The number of alkyl halides is 1. The second-order valence-electron chi connectivity index (χ2n) is 5.00. The predicted octanol–water partition coefficient (Wildman–Crippen LogP) is 2.39. The molecule has 0 aromatic rings. The fraction of sp³-hybridized carbons (Fsp3) is 0.909. The van der Waals surface area contributed by atoms with Gasteiger partial charge in [0.15, 0.2) is 0 Å². The molecule has 15 heavy (non-hydrogen) atoms. The van der Waals surface area contributed by atoms with Gasteiger partial charge < -0.3 is 4.74 Å². The van der Waals surface area contributed by atoms with Gasteiger partial charge in [-0.15, -0.1) is 0 Å². The molecule has 0 aromatic heterocycles. The number of hydrogen-bond donors (Lipinski definition) is 0. The van der Waals surface area contributed by atoms with Crippen LogP contribution in [0.15, 0.2) is 0 Å². The van der Waals surface area contributed by atoms with E-state index in [4.69, 9.17) is 4.74 Å². The van der Waals surface area contributed by atoms with Crippen LogP contribution < -0.4 is 0 Å². The first kappa shape index (κ1) is 13.0. The van der Waals surface area contributed by atoms with Gasteiger partial charge in [0.25, 0.3) is 0 Å². The minimum Gasteiger partial charge on any atom is -0.454 e. The van der Waals surface area contributed by atoms with Gasteiger partial charge in [0, 0.05) is 5.54 Å². The molecule has 1 aliphatic rings. The lowest BCUT2D eigenvalue weighted by molar-refractivity contribution is -0.148. The summed E-state index contributed by atoms with van der Waals surface area (Å²) in [4.78, 5) is 13.9. The number of ether oxygens (including phenoxy) is 1. The standard InChI is InChI=1S/C11H20BrNO2/c1-11(2,3)13-6-4-9(5-7-13)10(14)15-8-12/h9H,4-8H2,1-3H3. The predicted molar refractivity (Wildman–Crippen MR) is 63.9 cm³/mol. The van der Waals surface area contributed by atoms with E-state index in [1.54, 1.807) is 0 Å². The topological polar surface area (TPSA) is 29.5 Å². The average Bonchev–Trinajstić information content (AvgIpc) is 2.17. The fourth-order valence-electron chi connectivity index (χ4n) is 1.96. The Balaban J connectivity index is 2.39. The van der Waals surface area contributed by atoms with Crippen LogP contribution in [-0.4, -0.2) is 35.0 Å². The summed E-state index contributed by atoms with van der Waals surface area (Å²) in [6, 6.07) is 0. The van der Waals surface area contributed by atoms with Crippen molar-refractivity contribution in [2.45, 2.75) is 39.2 Å². The van der Waals surface area contributed by atoms with E-state index in [0.29, 0.717) is 5.52 Å². The minimum absolute atomic E-state index is 0.0552. The summed E-state index contributed by atoms with van der Waals surface area (Å²) >= 11 is 3.11. The van der Waals surface area contributed by atoms with Crippen molar-refractivity contribution in [1.29, 1.82) is 0 Å². The van der Waals surface area contributed by atoms with Crippen LogP contribution >= 0.6 is 15.9 Å². The lowest BCUT2D eigenvalue weighted by atomic mass is 9.93. The van der Waals surface area contributed by atoms with Crippen molar-refractivity contribution in [1.82, 2.24) is 4.90 Å². The lowest BCUT2D eigenvalue weighted by Gasteiger charge is -2.40. The van der Waals surface area contributed by atoms with Gasteiger partial charge in [0.1, 0.15) is 5.52 Å². The van der Waals surface area contributed by atoms with Gasteiger partial charge in [-0.25, -0.2) is 0 Å². The number of nitrogens with zero attached hydrogens (tertiary/aromatic N) is 1. The molecule has 1 heterocycles. The molecule has 0 unspecified atom stereocenters. The van der Waals surface area contributed by atoms with Crippen molar-refractivity contribution in [2.75, 3.05) is 18.6 Å². The summed E-state index contributed by atoms with van der Waals surface area (Å²) in [6.07, 6.45) is 1.84. The lowest BCUT2D eigenvalue weighted by Crippen LogP contribution is -2.47. The molecule has 0 saturated carbocycles.